The number of nitrogens with one attached hydrogen (secondary N) is 1. The maximum atomic E-state index is 13.0. The van der Waals surface area contributed by atoms with Gasteiger partial charge in [0.05, 0.1) is 15.6 Å². The van der Waals surface area contributed by atoms with Crippen LogP contribution in [0.3, 0.4) is 0 Å². The zero-order valence-electron chi connectivity index (χ0n) is 16.6. The van der Waals surface area contributed by atoms with Crippen molar-refractivity contribution in [2.24, 2.45) is 0 Å². The fourth-order valence-corrected chi connectivity index (χ4v) is 5.70. The first kappa shape index (κ1) is 19.6. The highest BCUT2D eigenvalue weighted by atomic mass is 35.5. The highest BCUT2D eigenvalue weighted by Crippen LogP contribution is 2.32. The molecule has 2 aliphatic rings. The minimum absolute atomic E-state index is 0.265. The van der Waals surface area contributed by atoms with Crippen LogP contribution in [-0.2, 0) is 35.8 Å². The quantitative estimate of drug-likeness (QED) is 0.639. The topological polar surface area (TPSA) is 76.9 Å². The Hall–Kier alpha value is -2.38. The SMILES string of the molecule is O=S(=O)(Nc1cc(-c2nnc3n2CCCCC3)ccc1Cl)c1ccc2c(c1)CCC2. The van der Waals surface area contributed by atoms with Crippen LogP contribution < -0.4 is 4.72 Å². The molecule has 1 aliphatic carbocycles. The molecule has 0 bridgehead atoms. The minimum atomic E-state index is -3.74. The minimum Gasteiger partial charge on any atom is -0.311 e. The Morgan fingerprint density at radius 1 is 0.900 bits per heavy atom. The van der Waals surface area contributed by atoms with Gasteiger partial charge in [0.15, 0.2) is 5.82 Å². The normalized spacial score (nSPS) is 16.0. The van der Waals surface area contributed by atoms with Gasteiger partial charge >= 0.3 is 0 Å². The first-order chi connectivity index (χ1) is 14.5. The monoisotopic (exact) mass is 442 g/mol. The van der Waals surface area contributed by atoms with E-state index in [1.165, 1.54) is 12.0 Å². The van der Waals surface area contributed by atoms with Crippen molar-refractivity contribution in [2.45, 2.75) is 56.4 Å². The number of benzene rings is 2. The van der Waals surface area contributed by atoms with Crippen LogP contribution in [-0.4, -0.2) is 23.2 Å². The van der Waals surface area contributed by atoms with Gasteiger partial charge in [0.1, 0.15) is 5.82 Å². The second-order valence-corrected chi connectivity index (χ2v) is 10.1. The molecule has 2 heterocycles. The maximum absolute atomic E-state index is 13.0. The van der Waals surface area contributed by atoms with Crippen molar-refractivity contribution in [3.05, 3.63) is 58.4 Å². The Morgan fingerprint density at radius 3 is 2.67 bits per heavy atom. The summed E-state index contributed by atoms with van der Waals surface area (Å²) in [6.45, 7) is 0.872. The number of aryl methyl sites for hydroxylation is 3. The molecule has 30 heavy (non-hydrogen) atoms. The van der Waals surface area contributed by atoms with Crippen molar-refractivity contribution in [3.8, 4) is 11.4 Å². The summed E-state index contributed by atoms with van der Waals surface area (Å²) in [6.07, 6.45) is 7.30. The Labute approximate surface area is 181 Å². The van der Waals surface area contributed by atoms with Crippen LogP contribution in [0, 0.1) is 0 Å². The fourth-order valence-electron chi connectivity index (χ4n) is 4.36. The van der Waals surface area contributed by atoms with Crippen LogP contribution in [0.4, 0.5) is 5.69 Å². The summed E-state index contributed by atoms with van der Waals surface area (Å²) in [6, 6.07) is 10.7. The molecule has 0 atom stereocenters. The molecule has 0 saturated heterocycles. The highest BCUT2D eigenvalue weighted by molar-refractivity contribution is 7.92. The average Bonchev–Trinajstić information content (AvgIpc) is 3.30. The molecule has 6 nitrogen and oxygen atoms in total. The van der Waals surface area contributed by atoms with E-state index in [1.807, 2.05) is 12.1 Å². The van der Waals surface area contributed by atoms with Crippen LogP contribution in [0.5, 0.6) is 0 Å². The lowest BCUT2D eigenvalue weighted by molar-refractivity contribution is 0.601. The number of hydrogen-bond acceptors (Lipinski definition) is 4. The number of aromatic nitrogens is 3. The Morgan fingerprint density at radius 2 is 1.77 bits per heavy atom. The zero-order chi connectivity index (χ0) is 20.7. The molecular formula is C22H23ClN4O2S. The molecule has 1 aliphatic heterocycles. The van der Waals surface area contributed by atoms with Gasteiger partial charge < -0.3 is 4.57 Å². The van der Waals surface area contributed by atoms with Gasteiger partial charge in [-0.3, -0.25) is 4.72 Å². The third-order valence-corrected chi connectivity index (χ3v) is 7.65. The molecule has 2 aromatic carbocycles. The summed E-state index contributed by atoms with van der Waals surface area (Å²) >= 11 is 6.34. The van der Waals surface area contributed by atoms with Crippen molar-refractivity contribution < 1.29 is 8.42 Å². The third-order valence-electron chi connectivity index (χ3n) is 5.96. The predicted molar refractivity (Wildman–Crippen MR) is 117 cm³/mol. The number of hydrogen-bond donors (Lipinski definition) is 1. The van der Waals surface area contributed by atoms with Crippen LogP contribution in [0.1, 0.15) is 42.6 Å². The molecule has 0 saturated carbocycles. The number of halogens is 1. The predicted octanol–water partition coefficient (Wildman–Crippen LogP) is 4.61. The van der Waals surface area contributed by atoms with E-state index < -0.39 is 10.0 Å². The van der Waals surface area contributed by atoms with Gasteiger partial charge in [0.2, 0.25) is 0 Å². The average molecular weight is 443 g/mol. The highest BCUT2D eigenvalue weighted by Gasteiger charge is 2.21. The smallest absolute Gasteiger partial charge is 0.261 e. The van der Waals surface area contributed by atoms with Gasteiger partial charge in [-0.15, -0.1) is 10.2 Å². The molecule has 8 heteroatoms. The van der Waals surface area contributed by atoms with Crippen LogP contribution >= 0.6 is 11.6 Å². The molecule has 0 spiro atoms. The van der Waals surface area contributed by atoms with Crippen LogP contribution in [0.25, 0.3) is 11.4 Å². The van der Waals surface area contributed by atoms with E-state index in [-0.39, 0.29) is 4.90 Å². The molecule has 5 rings (SSSR count). The number of anilines is 1. The molecular weight excluding hydrogens is 420 g/mol. The molecule has 3 aromatic rings. The van der Waals surface area contributed by atoms with Crippen molar-refractivity contribution in [1.29, 1.82) is 0 Å². The van der Waals surface area contributed by atoms with Gasteiger partial charge in [0.25, 0.3) is 10.0 Å². The molecule has 1 aromatic heterocycles. The zero-order valence-corrected chi connectivity index (χ0v) is 18.1. The summed E-state index contributed by atoms with van der Waals surface area (Å²) in [4.78, 5) is 0.265. The van der Waals surface area contributed by atoms with Crippen molar-refractivity contribution in [1.82, 2.24) is 14.8 Å². The molecule has 0 unspecified atom stereocenters. The summed E-state index contributed by atoms with van der Waals surface area (Å²) in [5, 5.41) is 9.06. The van der Waals surface area contributed by atoms with E-state index in [0.717, 1.165) is 67.8 Å². The number of nitrogens with zero attached hydrogens (tertiary/aromatic N) is 3. The lowest BCUT2D eigenvalue weighted by Crippen LogP contribution is -2.14. The van der Waals surface area contributed by atoms with Gasteiger partial charge in [-0.25, -0.2) is 8.42 Å². The molecule has 1 N–H and O–H groups in total. The first-order valence-electron chi connectivity index (χ1n) is 10.4. The largest absolute Gasteiger partial charge is 0.311 e. The summed E-state index contributed by atoms with van der Waals surface area (Å²) in [5.41, 5.74) is 3.50. The molecule has 156 valence electrons. The van der Waals surface area contributed by atoms with E-state index in [2.05, 4.69) is 19.5 Å². The van der Waals surface area contributed by atoms with Crippen molar-refractivity contribution >= 4 is 27.3 Å². The lowest BCUT2D eigenvalue weighted by Gasteiger charge is -2.13. The molecule has 0 radical (unpaired) electrons. The van der Waals surface area contributed by atoms with E-state index in [9.17, 15) is 8.42 Å². The van der Waals surface area contributed by atoms with Crippen LogP contribution in [0.2, 0.25) is 5.02 Å². The van der Waals surface area contributed by atoms with E-state index >= 15 is 0 Å². The Balaban J connectivity index is 1.48. The van der Waals surface area contributed by atoms with E-state index in [4.69, 9.17) is 11.6 Å². The van der Waals surface area contributed by atoms with Gasteiger partial charge in [-0.1, -0.05) is 24.1 Å². The number of sulfonamides is 1. The number of rotatable bonds is 4. The second-order valence-electron chi connectivity index (χ2n) is 7.99. The Kier molecular flexibility index (Phi) is 5.03. The third kappa shape index (κ3) is 3.61. The lowest BCUT2D eigenvalue weighted by atomic mass is 10.1. The van der Waals surface area contributed by atoms with Gasteiger partial charge in [0, 0.05) is 18.5 Å². The standard InChI is InChI=1S/C22H23ClN4O2S/c23-19-11-9-17(22-25-24-21-7-2-1-3-12-27(21)22)14-20(19)26-30(28,29)18-10-8-15-5-4-6-16(15)13-18/h8-11,13-14,26H,1-7,12H2. The first-order valence-corrected chi connectivity index (χ1v) is 12.2. The summed E-state index contributed by atoms with van der Waals surface area (Å²) < 4.78 is 30.9. The molecule has 0 amide bonds. The van der Waals surface area contributed by atoms with Crippen molar-refractivity contribution in [2.75, 3.05) is 4.72 Å². The number of fused-ring (bicyclic) bond motifs is 2. The maximum Gasteiger partial charge on any atom is 0.261 e. The van der Waals surface area contributed by atoms with Crippen molar-refractivity contribution in [3.63, 3.8) is 0 Å². The fraction of sp³-hybridized carbons (Fsp3) is 0.364. The summed E-state index contributed by atoms with van der Waals surface area (Å²) in [7, 11) is -3.74. The van der Waals surface area contributed by atoms with Gasteiger partial charge in [-0.2, -0.15) is 0 Å². The van der Waals surface area contributed by atoms with Crippen LogP contribution in [0.15, 0.2) is 41.3 Å². The molecule has 0 fully saturated rings. The Bertz CT molecular complexity index is 1220. The van der Waals surface area contributed by atoms with Gasteiger partial charge in [-0.05, 0) is 73.6 Å². The second kappa shape index (κ2) is 7.71. The summed E-state index contributed by atoms with van der Waals surface area (Å²) in [5.74, 6) is 1.74. The van der Waals surface area contributed by atoms with E-state index in [1.54, 1.807) is 24.3 Å². The van der Waals surface area contributed by atoms with E-state index in [0.29, 0.717) is 10.7 Å².